The number of hydrogen-bond donors (Lipinski definition) is 2. The molecule has 3 aromatic rings. The van der Waals surface area contributed by atoms with Gasteiger partial charge in [-0.1, -0.05) is 6.07 Å². The molecule has 2 atom stereocenters. The molecule has 0 radical (unpaired) electrons. The molecule has 8 nitrogen and oxygen atoms in total. The van der Waals surface area contributed by atoms with Crippen LogP contribution < -0.4 is 11.1 Å². The number of alkyl halides is 8. The lowest BCUT2D eigenvalue weighted by Crippen LogP contribution is -2.30. The van der Waals surface area contributed by atoms with E-state index in [0.717, 1.165) is 18.9 Å². The highest BCUT2D eigenvalue weighted by Gasteiger charge is 2.42. The highest BCUT2D eigenvalue weighted by molar-refractivity contribution is 5.92. The Balaban J connectivity index is 1.51. The number of rotatable bonds is 9. The topological polar surface area (TPSA) is 115 Å². The maximum Gasteiger partial charge on any atom is 0.433 e. The molecule has 2 saturated carbocycles. The number of hydrogen-bond acceptors (Lipinski definition) is 5. The molecular formula is C28H28F8N6O2. The second kappa shape index (κ2) is 11.6. The Kier molecular flexibility index (Phi) is 8.31. The number of nitrogens with zero attached hydrogens (tertiary/aromatic N) is 4. The molecule has 2 amide bonds. The first-order chi connectivity index (χ1) is 20.5. The van der Waals surface area contributed by atoms with Gasteiger partial charge in [0.25, 0.3) is 5.91 Å². The second-order valence-electron chi connectivity index (χ2n) is 11.4. The van der Waals surface area contributed by atoms with Crippen LogP contribution in [0.3, 0.4) is 0 Å². The summed E-state index contributed by atoms with van der Waals surface area (Å²) in [5, 5.41) is 6.97. The van der Waals surface area contributed by atoms with Crippen molar-refractivity contribution in [3.8, 4) is 0 Å². The SMILES string of the molecule is NC(=O)c1nc(C(F)(F)F)ccc1[C@@H](c1cn2ncc([C@H](NC(=O)CCC(F)(F)F)C3CC3)cc2n1)C1CCC(F)(F)CC1. The van der Waals surface area contributed by atoms with E-state index in [1.807, 2.05) is 0 Å². The van der Waals surface area contributed by atoms with Crippen molar-refractivity contribution >= 4 is 17.5 Å². The fourth-order valence-corrected chi connectivity index (χ4v) is 5.76. The van der Waals surface area contributed by atoms with E-state index in [-0.39, 0.29) is 35.7 Å². The average molecular weight is 633 g/mol. The van der Waals surface area contributed by atoms with Crippen molar-refractivity contribution < 1.29 is 44.7 Å². The quantitative estimate of drug-likeness (QED) is 0.277. The van der Waals surface area contributed by atoms with Gasteiger partial charge in [0.1, 0.15) is 11.4 Å². The summed E-state index contributed by atoms with van der Waals surface area (Å²) >= 11 is 0. The summed E-state index contributed by atoms with van der Waals surface area (Å²) in [6, 6.07) is 2.72. The summed E-state index contributed by atoms with van der Waals surface area (Å²) in [4.78, 5) is 32.7. The van der Waals surface area contributed by atoms with Gasteiger partial charge in [0, 0.05) is 25.2 Å². The van der Waals surface area contributed by atoms with Gasteiger partial charge in [-0.15, -0.1) is 0 Å². The first-order valence-electron chi connectivity index (χ1n) is 14.0. The highest BCUT2D eigenvalue weighted by atomic mass is 19.4. The summed E-state index contributed by atoms with van der Waals surface area (Å²) in [5.74, 6) is -6.42. The zero-order chi connectivity index (χ0) is 32.0. The Labute approximate surface area is 245 Å². The van der Waals surface area contributed by atoms with Crippen LogP contribution in [0.2, 0.25) is 0 Å². The van der Waals surface area contributed by atoms with E-state index in [4.69, 9.17) is 5.73 Å². The van der Waals surface area contributed by atoms with Crippen LogP contribution in [0.25, 0.3) is 5.65 Å². The van der Waals surface area contributed by atoms with Crippen molar-refractivity contribution in [2.75, 3.05) is 0 Å². The van der Waals surface area contributed by atoms with Crippen LogP contribution >= 0.6 is 0 Å². The van der Waals surface area contributed by atoms with Crippen LogP contribution in [0.15, 0.2) is 30.6 Å². The Hall–Kier alpha value is -3.85. The zero-order valence-corrected chi connectivity index (χ0v) is 23.1. The number of primary amides is 1. The summed E-state index contributed by atoms with van der Waals surface area (Å²) in [5.41, 5.74) is 4.41. The van der Waals surface area contributed by atoms with Crippen LogP contribution in [0, 0.1) is 11.8 Å². The van der Waals surface area contributed by atoms with Gasteiger partial charge in [0.2, 0.25) is 11.8 Å². The minimum Gasteiger partial charge on any atom is -0.364 e. The van der Waals surface area contributed by atoms with E-state index >= 15 is 0 Å². The van der Waals surface area contributed by atoms with Crippen molar-refractivity contribution in [3.05, 3.63) is 58.8 Å². The normalized spacial score (nSPS) is 19.1. The third-order valence-electron chi connectivity index (χ3n) is 8.10. The number of nitrogens with one attached hydrogen (secondary N) is 1. The molecule has 0 aliphatic heterocycles. The van der Waals surface area contributed by atoms with E-state index < -0.39 is 85.0 Å². The largest absolute Gasteiger partial charge is 0.433 e. The van der Waals surface area contributed by atoms with Crippen LogP contribution in [0.4, 0.5) is 35.1 Å². The van der Waals surface area contributed by atoms with Gasteiger partial charge in [0.15, 0.2) is 5.65 Å². The standard InChI is InChI=1S/C28H28F8N6O2/c29-26(30)8-5-14(6-9-26)22(17-3-4-19(28(34,35)36)40-24(17)25(37)44)18-13-42-20(39-18)11-16(12-38-42)23(15-1-2-15)41-21(43)7-10-27(31,32)33/h3-4,11-15,22-23H,1-2,5-10H2,(H2,37,44)(H,41,43)/t22-,23+/m0/s1. The first kappa shape index (κ1) is 31.6. The molecule has 3 heterocycles. The molecule has 0 spiro atoms. The number of carbonyl (C=O) groups excluding carboxylic acids is 2. The maximum atomic E-state index is 14.1. The Bertz CT molecular complexity index is 1540. The fourth-order valence-electron chi connectivity index (χ4n) is 5.76. The van der Waals surface area contributed by atoms with Gasteiger partial charge in [-0.05, 0) is 60.8 Å². The molecule has 5 rings (SSSR count). The summed E-state index contributed by atoms with van der Waals surface area (Å²) < 4.78 is 108. The molecule has 3 aromatic heterocycles. The first-order valence-corrected chi connectivity index (χ1v) is 14.0. The fraction of sp³-hybridized carbons (Fsp3) is 0.536. The van der Waals surface area contributed by atoms with Crippen LogP contribution in [0.5, 0.6) is 0 Å². The lowest BCUT2D eigenvalue weighted by Gasteiger charge is -2.33. The number of imidazole rings is 1. The van der Waals surface area contributed by atoms with Gasteiger partial charge < -0.3 is 11.1 Å². The molecular weight excluding hydrogens is 604 g/mol. The molecule has 2 aliphatic rings. The number of amides is 2. The lowest BCUT2D eigenvalue weighted by molar-refractivity contribution is -0.144. The Morgan fingerprint density at radius 1 is 1.02 bits per heavy atom. The molecule has 16 heteroatoms. The third kappa shape index (κ3) is 7.26. The van der Waals surface area contributed by atoms with E-state index in [9.17, 15) is 44.7 Å². The number of halogens is 8. The third-order valence-corrected chi connectivity index (χ3v) is 8.10. The summed E-state index contributed by atoms with van der Waals surface area (Å²) in [7, 11) is 0. The molecule has 0 aromatic carbocycles. The van der Waals surface area contributed by atoms with E-state index in [1.54, 1.807) is 6.07 Å². The molecule has 0 unspecified atom stereocenters. The lowest BCUT2D eigenvalue weighted by atomic mass is 9.74. The Morgan fingerprint density at radius 2 is 1.70 bits per heavy atom. The minimum atomic E-state index is -4.87. The van der Waals surface area contributed by atoms with E-state index in [2.05, 4.69) is 20.4 Å². The van der Waals surface area contributed by atoms with Crippen molar-refractivity contribution in [1.82, 2.24) is 24.9 Å². The van der Waals surface area contributed by atoms with Gasteiger partial charge in [0.05, 0.1) is 30.6 Å². The molecule has 238 valence electrons. The van der Waals surface area contributed by atoms with Crippen molar-refractivity contribution in [1.29, 1.82) is 0 Å². The van der Waals surface area contributed by atoms with Crippen molar-refractivity contribution in [2.24, 2.45) is 17.6 Å². The monoisotopic (exact) mass is 632 g/mol. The highest BCUT2D eigenvalue weighted by Crippen LogP contribution is 2.46. The molecule has 0 bridgehead atoms. The molecule has 2 aliphatic carbocycles. The predicted molar refractivity (Wildman–Crippen MR) is 138 cm³/mol. The summed E-state index contributed by atoms with van der Waals surface area (Å²) in [6.45, 7) is 0. The van der Waals surface area contributed by atoms with Gasteiger partial charge >= 0.3 is 12.4 Å². The molecule has 44 heavy (non-hydrogen) atoms. The molecule has 2 fully saturated rings. The number of pyridine rings is 1. The second-order valence-corrected chi connectivity index (χ2v) is 11.4. The molecule has 3 N–H and O–H groups in total. The number of fused-ring (bicyclic) bond motifs is 1. The number of aromatic nitrogens is 4. The van der Waals surface area contributed by atoms with Crippen molar-refractivity contribution in [2.45, 2.75) is 81.6 Å². The van der Waals surface area contributed by atoms with Gasteiger partial charge in [-0.2, -0.15) is 31.4 Å². The predicted octanol–water partition coefficient (Wildman–Crippen LogP) is 6.11. The zero-order valence-electron chi connectivity index (χ0n) is 23.1. The van der Waals surface area contributed by atoms with E-state index in [0.29, 0.717) is 11.6 Å². The van der Waals surface area contributed by atoms with Crippen molar-refractivity contribution in [3.63, 3.8) is 0 Å². The minimum absolute atomic E-state index is 0.0112. The van der Waals surface area contributed by atoms with Crippen LogP contribution in [-0.2, 0) is 11.0 Å². The smallest absolute Gasteiger partial charge is 0.364 e. The van der Waals surface area contributed by atoms with Gasteiger partial charge in [-0.3, -0.25) is 9.59 Å². The summed E-state index contributed by atoms with van der Waals surface area (Å²) in [6.07, 6.45) is -7.96. The average Bonchev–Trinajstić information content (AvgIpc) is 3.69. The Morgan fingerprint density at radius 3 is 2.30 bits per heavy atom. The maximum absolute atomic E-state index is 14.1. The molecule has 0 saturated heterocycles. The van der Waals surface area contributed by atoms with Gasteiger partial charge in [-0.25, -0.2) is 23.3 Å². The number of carbonyl (C=O) groups is 2. The number of nitrogens with two attached hydrogens (primary N) is 1. The van der Waals surface area contributed by atoms with E-state index in [1.165, 1.54) is 16.9 Å². The van der Waals surface area contributed by atoms with Crippen LogP contribution in [0.1, 0.15) is 96.3 Å². The van der Waals surface area contributed by atoms with Crippen LogP contribution in [-0.4, -0.2) is 43.5 Å².